The van der Waals surface area contributed by atoms with Gasteiger partial charge in [-0.1, -0.05) is 25.5 Å². The second-order valence-corrected chi connectivity index (χ2v) is 7.41. The van der Waals surface area contributed by atoms with Gasteiger partial charge in [-0.15, -0.1) is 11.3 Å². The van der Waals surface area contributed by atoms with Crippen LogP contribution in [0.5, 0.6) is 0 Å². The van der Waals surface area contributed by atoms with Crippen LogP contribution in [0.4, 0.5) is 0 Å². The maximum absolute atomic E-state index is 12.8. The van der Waals surface area contributed by atoms with Gasteiger partial charge in [-0.25, -0.2) is 0 Å². The normalized spacial score (nSPS) is 17.2. The number of aromatic nitrogens is 1. The molecule has 2 nitrogen and oxygen atoms in total. The predicted molar refractivity (Wildman–Crippen MR) is 97.1 cm³/mol. The lowest BCUT2D eigenvalue weighted by molar-refractivity contribution is 0.448. The minimum Gasteiger partial charge on any atom is -0.289 e. The highest BCUT2D eigenvalue weighted by molar-refractivity contribution is 7.18. The lowest BCUT2D eigenvalue weighted by Crippen LogP contribution is -2.20. The molecule has 0 spiro atoms. The van der Waals surface area contributed by atoms with Crippen LogP contribution in [0.2, 0.25) is 0 Å². The Morgan fingerprint density at radius 1 is 1.26 bits per heavy atom. The average Bonchev–Trinajstić information content (AvgIpc) is 2.61. The molecule has 1 aliphatic rings. The molecule has 1 atom stereocenters. The molecule has 1 aliphatic carbocycles. The van der Waals surface area contributed by atoms with E-state index < -0.39 is 0 Å². The van der Waals surface area contributed by atoms with Gasteiger partial charge in [-0.2, -0.15) is 0 Å². The maximum Gasteiger partial charge on any atom is 0.191 e. The Morgan fingerprint density at radius 3 is 2.96 bits per heavy atom. The first-order valence-electron chi connectivity index (χ1n) is 8.26. The number of hydrogen-bond acceptors (Lipinski definition) is 3. The topological polar surface area (TPSA) is 30.0 Å². The molecule has 116 valence electrons. The Morgan fingerprint density at radius 2 is 2.17 bits per heavy atom. The van der Waals surface area contributed by atoms with Crippen molar-refractivity contribution in [3.05, 3.63) is 63.3 Å². The lowest BCUT2D eigenvalue weighted by Gasteiger charge is -2.22. The molecule has 3 heteroatoms. The molecule has 2 aromatic heterocycles. The van der Waals surface area contributed by atoms with Gasteiger partial charge < -0.3 is 0 Å². The minimum atomic E-state index is 0.246. The van der Waals surface area contributed by atoms with Gasteiger partial charge in [0.1, 0.15) is 0 Å². The van der Waals surface area contributed by atoms with Gasteiger partial charge in [0.15, 0.2) is 5.43 Å². The maximum atomic E-state index is 12.8. The molecule has 1 aromatic carbocycles. The first-order valence-corrected chi connectivity index (χ1v) is 9.08. The van der Waals surface area contributed by atoms with E-state index in [4.69, 9.17) is 0 Å². The highest BCUT2D eigenvalue weighted by atomic mass is 32.1. The molecule has 0 aliphatic heterocycles. The third kappa shape index (κ3) is 2.59. The molecule has 2 heterocycles. The fourth-order valence-corrected chi connectivity index (χ4v) is 4.81. The van der Waals surface area contributed by atoms with Crippen molar-refractivity contribution in [1.82, 2.24) is 4.98 Å². The second-order valence-electron chi connectivity index (χ2n) is 6.28. The molecule has 0 saturated heterocycles. The van der Waals surface area contributed by atoms with Gasteiger partial charge in [0.2, 0.25) is 0 Å². The molecular formula is C20H19NOS. The number of pyridine rings is 1. The van der Waals surface area contributed by atoms with Gasteiger partial charge in [-0.05, 0) is 49.4 Å². The monoisotopic (exact) mass is 321 g/mol. The third-order valence-corrected chi connectivity index (χ3v) is 6.10. The van der Waals surface area contributed by atoms with Gasteiger partial charge in [0.25, 0.3) is 0 Å². The van der Waals surface area contributed by atoms with Gasteiger partial charge in [0, 0.05) is 32.3 Å². The smallest absolute Gasteiger partial charge is 0.191 e. The van der Waals surface area contributed by atoms with Crippen molar-refractivity contribution < 1.29 is 0 Å². The van der Waals surface area contributed by atoms with Crippen LogP contribution in [0.25, 0.3) is 21.3 Å². The standard InChI is InChI=1S/C20H19NOS/c1-2-13-6-8-15-18(11-13)23-19-12-14(7-9-16(19)20(15)22)17-5-3-4-10-21-17/h3-5,7,9-10,12-13H,2,6,8,11H2,1H3. The lowest BCUT2D eigenvalue weighted by atomic mass is 9.86. The molecule has 0 N–H and O–H groups in total. The van der Waals surface area contributed by atoms with Crippen molar-refractivity contribution in [3.8, 4) is 11.3 Å². The van der Waals surface area contributed by atoms with E-state index in [0.717, 1.165) is 52.1 Å². The fourth-order valence-electron chi connectivity index (χ4n) is 3.45. The fraction of sp³-hybridized carbons (Fsp3) is 0.300. The van der Waals surface area contributed by atoms with E-state index >= 15 is 0 Å². The predicted octanol–water partition coefficient (Wildman–Crippen LogP) is 4.84. The van der Waals surface area contributed by atoms with E-state index in [0.29, 0.717) is 0 Å². The van der Waals surface area contributed by atoms with E-state index in [-0.39, 0.29) is 5.43 Å². The number of fused-ring (bicyclic) bond motifs is 2. The van der Waals surface area contributed by atoms with Gasteiger partial charge in [0.05, 0.1) is 5.69 Å². The van der Waals surface area contributed by atoms with Crippen molar-refractivity contribution in [2.45, 2.75) is 32.6 Å². The quantitative estimate of drug-likeness (QED) is 0.676. The summed E-state index contributed by atoms with van der Waals surface area (Å²) < 4.78 is 1.09. The molecule has 4 rings (SSSR count). The largest absolute Gasteiger partial charge is 0.289 e. The zero-order chi connectivity index (χ0) is 15.8. The summed E-state index contributed by atoms with van der Waals surface area (Å²) in [5, 5.41) is 0.864. The Kier molecular flexibility index (Phi) is 3.74. The van der Waals surface area contributed by atoms with Crippen LogP contribution in [0.1, 0.15) is 30.2 Å². The molecule has 0 amide bonds. The summed E-state index contributed by atoms with van der Waals surface area (Å²) >= 11 is 1.80. The van der Waals surface area contributed by atoms with E-state index in [1.54, 1.807) is 17.5 Å². The average molecular weight is 321 g/mol. The number of nitrogens with zero attached hydrogens (tertiary/aromatic N) is 1. The first-order chi connectivity index (χ1) is 11.3. The Balaban J connectivity index is 1.87. The van der Waals surface area contributed by atoms with E-state index in [1.807, 2.05) is 30.3 Å². The van der Waals surface area contributed by atoms with Crippen molar-refractivity contribution in [3.63, 3.8) is 0 Å². The highest BCUT2D eigenvalue weighted by Gasteiger charge is 2.21. The highest BCUT2D eigenvalue weighted by Crippen LogP contribution is 2.33. The Bertz CT molecular complexity index is 914. The first kappa shape index (κ1) is 14.6. The summed E-state index contributed by atoms with van der Waals surface area (Å²) in [5.41, 5.74) is 3.35. The van der Waals surface area contributed by atoms with Crippen molar-refractivity contribution in [2.75, 3.05) is 0 Å². The van der Waals surface area contributed by atoms with Crippen LogP contribution in [-0.2, 0) is 12.8 Å². The number of rotatable bonds is 2. The molecule has 0 radical (unpaired) electrons. The SMILES string of the molecule is CCC1CCc2c(sc3cc(-c4ccccn4)ccc3c2=O)C1. The summed E-state index contributed by atoms with van der Waals surface area (Å²) in [5.74, 6) is 0.731. The second kappa shape index (κ2) is 5.89. The summed E-state index contributed by atoms with van der Waals surface area (Å²) in [6.07, 6.45) is 6.17. The minimum absolute atomic E-state index is 0.246. The molecule has 1 unspecified atom stereocenters. The van der Waals surface area contributed by atoms with Crippen LogP contribution in [0, 0.1) is 5.92 Å². The van der Waals surface area contributed by atoms with Crippen LogP contribution < -0.4 is 5.43 Å². The summed E-state index contributed by atoms with van der Waals surface area (Å²) in [6.45, 7) is 2.25. The molecular weight excluding hydrogens is 302 g/mol. The zero-order valence-electron chi connectivity index (χ0n) is 13.2. The van der Waals surface area contributed by atoms with Crippen LogP contribution in [0.15, 0.2) is 47.4 Å². The molecule has 0 fully saturated rings. The summed E-state index contributed by atoms with van der Waals surface area (Å²) in [6, 6.07) is 12.0. The number of hydrogen-bond donors (Lipinski definition) is 0. The van der Waals surface area contributed by atoms with Gasteiger partial charge >= 0.3 is 0 Å². The van der Waals surface area contributed by atoms with E-state index in [2.05, 4.69) is 18.0 Å². The third-order valence-electron chi connectivity index (χ3n) is 4.88. The summed E-state index contributed by atoms with van der Waals surface area (Å²) in [7, 11) is 0. The molecule has 0 bridgehead atoms. The van der Waals surface area contributed by atoms with E-state index in [1.165, 1.54) is 11.3 Å². The van der Waals surface area contributed by atoms with Crippen LogP contribution in [-0.4, -0.2) is 4.98 Å². The van der Waals surface area contributed by atoms with Crippen LogP contribution in [0.3, 0.4) is 0 Å². The summed E-state index contributed by atoms with van der Waals surface area (Å²) in [4.78, 5) is 18.5. The van der Waals surface area contributed by atoms with Gasteiger partial charge in [-0.3, -0.25) is 9.78 Å². The molecule has 3 aromatic rings. The molecule has 0 saturated carbocycles. The Labute approximate surface area is 139 Å². The van der Waals surface area contributed by atoms with E-state index in [9.17, 15) is 4.79 Å². The zero-order valence-corrected chi connectivity index (χ0v) is 14.0. The van der Waals surface area contributed by atoms with Crippen molar-refractivity contribution >= 4 is 21.4 Å². The van der Waals surface area contributed by atoms with Crippen molar-refractivity contribution in [1.29, 1.82) is 0 Å². The number of benzene rings is 1. The Hall–Kier alpha value is -2.00. The van der Waals surface area contributed by atoms with Crippen molar-refractivity contribution in [2.24, 2.45) is 5.92 Å². The molecule has 23 heavy (non-hydrogen) atoms. The van der Waals surface area contributed by atoms with Crippen LogP contribution >= 0.6 is 11.3 Å².